The monoisotopic (exact) mass is 238 g/mol. The van der Waals surface area contributed by atoms with Gasteiger partial charge in [0.1, 0.15) is 6.10 Å². The first kappa shape index (κ1) is 12.9. The maximum atomic E-state index is 11.8. The number of ether oxygens (including phenoxy) is 1. The van der Waals surface area contributed by atoms with Crippen LogP contribution in [0.5, 0.6) is 0 Å². The Kier molecular flexibility index (Phi) is 3.04. The topological polar surface area (TPSA) is 26.3 Å². The molecule has 0 radical (unpaired) electrons. The molecular weight excluding hydrogens is 212 g/mol. The van der Waals surface area contributed by atoms with Gasteiger partial charge in [-0.05, 0) is 36.5 Å². The highest BCUT2D eigenvalue weighted by Gasteiger charge is 2.62. The SMILES string of the molecule is CC(C)CC(=O)O[C@@H]1CC2CC[C@@]1(C)C2(C)C. The van der Waals surface area contributed by atoms with E-state index in [2.05, 4.69) is 34.6 Å². The number of carbonyl (C=O) groups excluding carboxylic acids is 1. The standard InChI is InChI=1S/C15H26O2/c1-10(2)8-13(16)17-12-9-11-6-7-15(12,5)14(11,3)4/h10-12H,6-9H2,1-5H3/t11?,12-,15-/m1/s1. The Balaban J connectivity index is 2.03. The molecule has 0 saturated heterocycles. The van der Waals surface area contributed by atoms with Crippen molar-refractivity contribution in [1.82, 2.24) is 0 Å². The third-order valence-corrected chi connectivity index (χ3v) is 5.56. The number of esters is 1. The summed E-state index contributed by atoms with van der Waals surface area (Å²) in [4.78, 5) is 11.8. The lowest BCUT2D eigenvalue weighted by Crippen LogP contribution is -2.38. The fraction of sp³-hybridized carbons (Fsp3) is 0.933. The average Bonchev–Trinajstić information content (AvgIpc) is 2.49. The molecule has 0 aliphatic heterocycles. The van der Waals surface area contributed by atoms with Crippen LogP contribution in [0.3, 0.4) is 0 Å². The van der Waals surface area contributed by atoms with E-state index in [1.165, 1.54) is 12.8 Å². The van der Waals surface area contributed by atoms with Crippen molar-refractivity contribution in [2.45, 2.75) is 66.4 Å². The Morgan fingerprint density at radius 3 is 2.41 bits per heavy atom. The van der Waals surface area contributed by atoms with Crippen molar-refractivity contribution in [2.75, 3.05) is 0 Å². The number of rotatable bonds is 3. The van der Waals surface area contributed by atoms with E-state index in [1.54, 1.807) is 0 Å². The zero-order valence-electron chi connectivity index (χ0n) is 11.9. The lowest BCUT2D eigenvalue weighted by Gasteiger charge is -2.38. The summed E-state index contributed by atoms with van der Waals surface area (Å²) in [5.41, 5.74) is 0.528. The van der Waals surface area contributed by atoms with E-state index in [4.69, 9.17) is 4.74 Å². The summed E-state index contributed by atoms with van der Waals surface area (Å²) >= 11 is 0. The highest BCUT2D eigenvalue weighted by atomic mass is 16.5. The van der Waals surface area contributed by atoms with Crippen molar-refractivity contribution in [2.24, 2.45) is 22.7 Å². The summed E-state index contributed by atoms with van der Waals surface area (Å²) in [5, 5.41) is 0. The molecule has 98 valence electrons. The zero-order chi connectivity index (χ0) is 12.8. The maximum Gasteiger partial charge on any atom is 0.306 e. The van der Waals surface area contributed by atoms with Crippen molar-refractivity contribution in [1.29, 1.82) is 0 Å². The Labute approximate surface area is 105 Å². The normalized spacial score (nSPS) is 38.7. The first-order valence-corrected chi connectivity index (χ1v) is 6.97. The number of hydrogen-bond acceptors (Lipinski definition) is 2. The lowest BCUT2D eigenvalue weighted by atomic mass is 9.70. The minimum absolute atomic E-state index is 0.00502. The lowest BCUT2D eigenvalue weighted by molar-refractivity contribution is -0.157. The summed E-state index contributed by atoms with van der Waals surface area (Å²) < 4.78 is 5.76. The van der Waals surface area contributed by atoms with Gasteiger partial charge in [0.2, 0.25) is 0 Å². The highest BCUT2D eigenvalue weighted by Crippen LogP contribution is 2.66. The van der Waals surface area contributed by atoms with Crippen molar-refractivity contribution in [3.63, 3.8) is 0 Å². The van der Waals surface area contributed by atoms with Gasteiger partial charge in [-0.3, -0.25) is 4.79 Å². The molecule has 2 aliphatic rings. The van der Waals surface area contributed by atoms with Crippen LogP contribution in [0.4, 0.5) is 0 Å². The molecule has 2 heteroatoms. The molecule has 17 heavy (non-hydrogen) atoms. The molecule has 2 aliphatic carbocycles. The Bertz CT molecular complexity index is 319. The second-order valence-electron chi connectivity index (χ2n) is 7.19. The number of hydrogen-bond donors (Lipinski definition) is 0. The summed E-state index contributed by atoms with van der Waals surface area (Å²) in [7, 11) is 0. The fourth-order valence-corrected chi connectivity index (χ4v) is 3.85. The smallest absolute Gasteiger partial charge is 0.306 e. The third-order valence-electron chi connectivity index (χ3n) is 5.56. The van der Waals surface area contributed by atoms with Gasteiger partial charge < -0.3 is 4.74 Å². The van der Waals surface area contributed by atoms with Crippen LogP contribution in [0.2, 0.25) is 0 Å². The molecular formula is C15H26O2. The summed E-state index contributed by atoms with van der Waals surface area (Å²) in [6.07, 6.45) is 4.30. The Hall–Kier alpha value is -0.530. The van der Waals surface area contributed by atoms with Crippen molar-refractivity contribution in [3.05, 3.63) is 0 Å². The minimum atomic E-state index is -0.00502. The van der Waals surface area contributed by atoms with Gasteiger partial charge in [0.15, 0.2) is 0 Å². The van der Waals surface area contributed by atoms with E-state index in [0.717, 1.165) is 12.3 Å². The van der Waals surface area contributed by atoms with Crippen molar-refractivity contribution in [3.8, 4) is 0 Å². The molecule has 2 rings (SSSR count). The van der Waals surface area contributed by atoms with Gasteiger partial charge in [0, 0.05) is 11.8 Å². The van der Waals surface area contributed by atoms with E-state index in [-0.39, 0.29) is 17.5 Å². The van der Waals surface area contributed by atoms with Crippen LogP contribution in [-0.4, -0.2) is 12.1 Å². The Morgan fingerprint density at radius 1 is 1.35 bits per heavy atom. The van der Waals surface area contributed by atoms with Gasteiger partial charge in [0.05, 0.1) is 0 Å². The molecule has 0 aromatic heterocycles. The van der Waals surface area contributed by atoms with Gasteiger partial charge in [-0.2, -0.15) is 0 Å². The quantitative estimate of drug-likeness (QED) is 0.699. The molecule has 0 spiro atoms. The molecule has 0 N–H and O–H groups in total. The van der Waals surface area contributed by atoms with Gasteiger partial charge in [0.25, 0.3) is 0 Å². The van der Waals surface area contributed by atoms with E-state index in [9.17, 15) is 4.79 Å². The van der Waals surface area contributed by atoms with Crippen LogP contribution in [0.1, 0.15) is 60.3 Å². The second-order valence-corrected chi connectivity index (χ2v) is 7.19. The molecule has 2 nitrogen and oxygen atoms in total. The van der Waals surface area contributed by atoms with Crippen LogP contribution < -0.4 is 0 Å². The van der Waals surface area contributed by atoms with E-state index < -0.39 is 0 Å². The highest BCUT2D eigenvalue weighted by molar-refractivity contribution is 5.70. The largest absolute Gasteiger partial charge is 0.462 e. The van der Waals surface area contributed by atoms with E-state index in [1.807, 2.05) is 0 Å². The van der Waals surface area contributed by atoms with Gasteiger partial charge in [-0.1, -0.05) is 34.6 Å². The maximum absolute atomic E-state index is 11.8. The van der Waals surface area contributed by atoms with Gasteiger partial charge in [-0.25, -0.2) is 0 Å². The van der Waals surface area contributed by atoms with Gasteiger partial charge >= 0.3 is 5.97 Å². The molecule has 2 fully saturated rings. The van der Waals surface area contributed by atoms with Gasteiger partial charge in [-0.15, -0.1) is 0 Å². The molecule has 0 heterocycles. The average molecular weight is 238 g/mol. The third kappa shape index (κ3) is 1.90. The second kappa shape index (κ2) is 4.00. The van der Waals surface area contributed by atoms with Crippen LogP contribution in [0.25, 0.3) is 0 Å². The van der Waals surface area contributed by atoms with E-state index >= 15 is 0 Å². The molecule has 0 aromatic carbocycles. The van der Waals surface area contributed by atoms with Crippen molar-refractivity contribution >= 4 is 5.97 Å². The fourth-order valence-electron chi connectivity index (χ4n) is 3.85. The number of fused-ring (bicyclic) bond motifs is 2. The van der Waals surface area contributed by atoms with Crippen LogP contribution in [0, 0.1) is 22.7 Å². The molecule has 0 aromatic rings. The predicted octanol–water partition coefficient (Wildman–Crippen LogP) is 3.79. The predicted molar refractivity (Wildman–Crippen MR) is 68.6 cm³/mol. The minimum Gasteiger partial charge on any atom is -0.462 e. The Morgan fingerprint density at radius 2 is 2.00 bits per heavy atom. The summed E-state index contributed by atoms with van der Waals surface area (Å²) in [6, 6.07) is 0. The first-order chi connectivity index (χ1) is 7.77. The first-order valence-electron chi connectivity index (χ1n) is 6.97. The molecule has 2 saturated carbocycles. The van der Waals surface area contributed by atoms with Crippen LogP contribution >= 0.6 is 0 Å². The molecule has 1 unspecified atom stereocenters. The number of carbonyl (C=O) groups is 1. The molecule has 3 atom stereocenters. The van der Waals surface area contributed by atoms with E-state index in [0.29, 0.717) is 17.8 Å². The van der Waals surface area contributed by atoms with Crippen LogP contribution in [0.15, 0.2) is 0 Å². The molecule has 2 bridgehead atoms. The molecule has 0 amide bonds. The van der Waals surface area contributed by atoms with Crippen molar-refractivity contribution < 1.29 is 9.53 Å². The zero-order valence-corrected chi connectivity index (χ0v) is 11.9. The van der Waals surface area contributed by atoms with Crippen LogP contribution in [-0.2, 0) is 9.53 Å². The summed E-state index contributed by atoms with van der Waals surface area (Å²) in [6.45, 7) is 11.1. The summed E-state index contributed by atoms with van der Waals surface area (Å²) in [5.74, 6) is 1.13.